The number of allylic oxidation sites excluding steroid dienone is 13. The molecule has 2 aliphatic rings. The zero-order chi connectivity index (χ0) is 41.1. The zero-order valence-electron chi connectivity index (χ0n) is 33.8. The highest BCUT2D eigenvalue weighted by Crippen LogP contribution is 2.35. The van der Waals surface area contributed by atoms with Crippen molar-refractivity contribution >= 4 is 28.4 Å². The van der Waals surface area contributed by atoms with E-state index in [4.69, 9.17) is 11.1 Å². The molecule has 58 heavy (non-hydrogen) atoms. The molecule has 4 nitrogen and oxygen atoms in total. The van der Waals surface area contributed by atoms with Gasteiger partial charge in [-0.25, -0.2) is 4.99 Å². The maximum Gasteiger partial charge on any atom is 0.154 e. The number of nitrogens with zero attached hydrogens (tertiary/aromatic N) is 2. The van der Waals surface area contributed by atoms with E-state index in [1.54, 1.807) is 6.08 Å². The molecular formula is C54H52N4. The van der Waals surface area contributed by atoms with Gasteiger partial charge in [0.05, 0.1) is 11.6 Å². The first-order valence-electron chi connectivity index (χ1n) is 20.0. The Morgan fingerprint density at radius 3 is 1.86 bits per heavy atom. The average Bonchev–Trinajstić information content (AvgIpc) is 3.31. The standard InChI is InChI=1S/C32H27N.C20H19N3.C2H6/c1-3-5-12-24(4-2)29-19-30(26-15-10-7-11-16-26)21-31(20-29)32-22-27(17-18-28(32)23-33)25-13-8-6-9-14-25;21-19(17-9-5-2-6-10-17)23-20(22)18-13-11-16(12-14-18)15-7-3-1-4-8-15;1-2/h3-6,8-10,12-22H,1,7,11H2,2H3;2-3,5-14H,1,4H2,(H3,21,22,23);1-2H3/b12-5-,24-4+;;. The lowest BCUT2D eigenvalue weighted by Gasteiger charge is -2.15. The summed E-state index contributed by atoms with van der Waals surface area (Å²) in [5, 5.41) is 17.9. The van der Waals surface area contributed by atoms with Crippen LogP contribution in [0, 0.1) is 16.7 Å². The molecule has 0 heterocycles. The summed E-state index contributed by atoms with van der Waals surface area (Å²) < 4.78 is 0. The molecule has 0 saturated carbocycles. The van der Waals surface area contributed by atoms with Gasteiger partial charge in [-0.2, -0.15) is 5.26 Å². The molecule has 0 saturated heterocycles. The number of nitrogens with one attached hydrogen (secondary N) is 1. The minimum Gasteiger partial charge on any atom is -0.383 e. The van der Waals surface area contributed by atoms with Gasteiger partial charge in [0.15, 0.2) is 5.84 Å². The van der Waals surface area contributed by atoms with Crippen molar-refractivity contribution in [3.05, 3.63) is 222 Å². The second-order valence-electron chi connectivity index (χ2n) is 13.4. The van der Waals surface area contributed by atoms with Gasteiger partial charge >= 0.3 is 0 Å². The molecule has 0 unspecified atom stereocenters. The Hall–Kier alpha value is -7.09. The predicted molar refractivity (Wildman–Crippen MR) is 250 cm³/mol. The third kappa shape index (κ3) is 11.2. The number of nitriles is 1. The second kappa shape index (κ2) is 21.9. The van der Waals surface area contributed by atoms with Gasteiger partial charge in [0.25, 0.3) is 0 Å². The fourth-order valence-corrected chi connectivity index (χ4v) is 6.67. The molecule has 2 aliphatic carbocycles. The Bertz CT molecular complexity index is 2450. The Kier molecular flexibility index (Phi) is 15.8. The molecule has 0 atom stereocenters. The van der Waals surface area contributed by atoms with Crippen molar-refractivity contribution in [2.75, 3.05) is 0 Å². The smallest absolute Gasteiger partial charge is 0.154 e. The van der Waals surface area contributed by atoms with E-state index in [9.17, 15) is 5.26 Å². The van der Waals surface area contributed by atoms with Gasteiger partial charge in [0, 0.05) is 16.7 Å². The van der Waals surface area contributed by atoms with E-state index in [-0.39, 0.29) is 5.84 Å². The lowest BCUT2D eigenvalue weighted by atomic mass is 9.89. The van der Waals surface area contributed by atoms with Crippen LogP contribution in [0.15, 0.2) is 194 Å². The van der Waals surface area contributed by atoms with Crippen molar-refractivity contribution in [1.82, 2.24) is 0 Å². The molecule has 288 valence electrons. The fourth-order valence-electron chi connectivity index (χ4n) is 6.67. The summed E-state index contributed by atoms with van der Waals surface area (Å²) in [7, 11) is 0. The number of hydrogen-bond donors (Lipinski definition) is 2. The molecule has 0 amide bonds. The molecule has 7 rings (SSSR count). The van der Waals surface area contributed by atoms with Crippen molar-refractivity contribution < 1.29 is 0 Å². The van der Waals surface area contributed by atoms with Crippen LogP contribution in [-0.2, 0) is 0 Å². The van der Waals surface area contributed by atoms with Crippen molar-refractivity contribution in [3.8, 4) is 28.3 Å². The van der Waals surface area contributed by atoms with Crippen LogP contribution in [0.4, 0.5) is 0 Å². The normalized spacial score (nSPS) is 13.6. The lowest BCUT2D eigenvalue weighted by molar-refractivity contribution is 1.04. The SMILES string of the molecule is C=C/C=C\C(=C/C)c1cc(C2=CCCC=C2)cc(-c2cc(-c3ccccc3)ccc2C#N)c1.CC.N=C(N=C(N)c1ccc(C2=CCCC=C2)cc1)c1ccccc1. The fraction of sp³-hybridized carbons (Fsp3) is 0.130. The number of hydrogen-bond acceptors (Lipinski definition) is 2. The summed E-state index contributed by atoms with van der Waals surface area (Å²) in [4.78, 5) is 4.21. The number of aliphatic imine (C=N–C) groups is 1. The van der Waals surface area contributed by atoms with Gasteiger partial charge in [0.1, 0.15) is 5.84 Å². The predicted octanol–water partition coefficient (Wildman–Crippen LogP) is 13.9. The summed E-state index contributed by atoms with van der Waals surface area (Å²) in [6.07, 6.45) is 25.6. The summed E-state index contributed by atoms with van der Waals surface area (Å²) in [5.41, 5.74) is 19.6. The molecule has 0 radical (unpaired) electrons. The maximum atomic E-state index is 9.89. The Morgan fingerprint density at radius 2 is 1.28 bits per heavy atom. The number of rotatable bonds is 9. The third-order valence-electron chi connectivity index (χ3n) is 9.66. The highest BCUT2D eigenvalue weighted by Gasteiger charge is 2.13. The first-order chi connectivity index (χ1) is 28.5. The van der Waals surface area contributed by atoms with E-state index < -0.39 is 0 Å². The van der Waals surface area contributed by atoms with Crippen LogP contribution in [0.3, 0.4) is 0 Å². The van der Waals surface area contributed by atoms with Crippen LogP contribution in [0.25, 0.3) is 39.0 Å². The van der Waals surface area contributed by atoms with Gasteiger partial charge in [-0.3, -0.25) is 5.41 Å². The van der Waals surface area contributed by atoms with E-state index in [1.807, 2.05) is 112 Å². The molecular weight excluding hydrogens is 705 g/mol. The topological polar surface area (TPSA) is 86.0 Å². The molecule has 4 heteroatoms. The van der Waals surface area contributed by atoms with E-state index >= 15 is 0 Å². The minimum absolute atomic E-state index is 0.171. The summed E-state index contributed by atoms with van der Waals surface area (Å²) in [6, 6.07) is 42.8. The summed E-state index contributed by atoms with van der Waals surface area (Å²) >= 11 is 0. The molecule has 0 aliphatic heterocycles. The largest absolute Gasteiger partial charge is 0.383 e. The van der Waals surface area contributed by atoms with Gasteiger partial charge in [0.2, 0.25) is 0 Å². The zero-order valence-corrected chi connectivity index (χ0v) is 33.8. The van der Waals surface area contributed by atoms with E-state index in [1.165, 1.54) is 22.3 Å². The lowest BCUT2D eigenvalue weighted by Crippen LogP contribution is -2.15. The van der Waals surface area contributed by atoms with Gasteiger partial charge < -0.3 is 5.73 Å². The van der Waals surface area contributed by atoms with Crippen LogP contribution in [0.5, 0.6) is 0 Å². The highest BCUT2D eigenvalue weighted by atomic mass is 14.9. The second-order valence-corrected chi connectivity index (χ2v) is 13.4. The van der Waals surface area contributed by atoms with Crippen LogP contribution < -0.4 is 5.73 Å². The first kappa shape index (κ1) is 42.1. The van der Waals surface area contributed by atoms with Crippen molar-refractivity contribution in [2.24, 2.45) is 10.7 Å². The van der Waals surface area contributed by atoms with Crippen LogP contribution in [-0.4, -0.2) is 11.7 Å². The van der Waals surface area contributed by atoms with Crippen molar-refractivity contribution in [3.63, 3.8) is 0 Å². The van der Waals surface area contributed by atoms with Crippen molar-refractivity contribution in [1.29, 1.82) is 10.7 Å². The Balaban J connectivity index is 0.000000224. The van der Waals surface area contributed by atoms with Crippen LogP contribution in [0.1, 0.15) is 79.8 Å². The quantitative estimate of drug-likeness (QED) is 0.0891. The van der Waals surface area contributed by atoms with Gasteiger partial charge in [-0.05, 0) is 113 Å². The summed E-state index contributed by atoms with van der Waals surface area (Å²) in [5.74, 6) is 0.531. The summed E-state index contributed by atoms with van der Waals surface area (Å²) in [6.45, 7) is 9.86. The third-order valence-corrected chi connectivity index (χ3v) is 9.66. The van der Waals surface area contributed by atoms with Crippen LogP contribution in [0.2, 0.25) is 0 Å². The number of nitrogens with two attached hydrogens (primary N) is 1. The van der Waals surface area contributed by atoms with Crippen molar-refractivity contribution in [2.45, 2.75) is 46.5 Å². The molecule has 5 aromatic rings. The van der Waals surface area contributed by atoms with E-state index in [2.05, 4.69) is 103 Å². The average molecular weight is 757 g/mol. The maximum absolute atomic E-state index is 9.89. The molecule has 5 aromatic carbocycles. The van der Waals surface area contributed by atoms with E-state index in [0.29, 0.717) is 11.4 Å². The molecule has 0 bridgehead atoms. The number of benzene rings is 5. The minimum atomic E-state index is 0.171. The molecule has 0 aromatic heterocycles. The van der Waals surface area contributed by atoms with Crippen LogP contribution >= 0.6 is 0 Å². The highest BCUT2D eigenvalue weighted by molar-refractivity contribution is 6.09. The van der Waals surface area contributed by atoms with E-state index in [0.717, 1.165) is 70.2 Å². The number of amidine groups is 2. The molecule has 0 spiro atoms. The van der Waals surface area contributed by atoms with Gasteiger partial charge in [-0.1, -0.05) is 172 Å². The monoisotopic (exact) mass is 756 g/mol. The first-order valence-corrected chi connectivity index (χ1v) is 20.0. The van der Waals surface area contributed by atoms with Gasteiger partial charge in [-0.15, -0.1) is 0 Å². The Labute approximate surface area is 345 Å². The Morgan fingerprint density at radius 1 is 0.672 bits per heavy atom. The molecule has 3 N–H and O–H groups in total. The molecule has 0 fully saturated rings.